The van der Waals surface area contributed by atoms with Gasteiger partial charge in [-0.2, -0.15) is 0 Å². The summed E-state index contributed by atoms with van der Waals surface area (Å²) in [5.41, 5.74) is 0. The average Bonchev–Trinajstić information content (AvgIpc) is 2.04. The van der Waals surface area contributed by atoms with Crippen LogP contribution in [0.4, 0.5) is 8.78 Å². The number of hydrogen-bond donors (Lipinski definition) is 0. The van der Waals surface area contributed by atoms with Crippen LogP contribution in [0.3, 0.4) is 0 Å². The van der Waals surface area contributed by atoms with Gasteiger partial charge in [-0.3, -0.25) is 0 Å². The van der Waals surface area contributed by atoms with Crippen molar-refractivity contribution in [3.63, 3.8) is 0 Å². The smallest absolute Gasteiger partial charge is 0.207 e. The maximum Gasteiger partial charge on any atom is 0.247 e. The van der Waals surface area contributed by atoms with Crippen molar-refractivity contribution < 1.29 is 8.78 Å². The van der Waals surface area contributed by atoms with Gasteiger partial charge in [0.05, 0.1) is 0 Å². The number of halogens is 2. The average molecular weight is 178 g/mol. The predicted molar refractivity (Wildman–Crippen MR) is 48.5 cm³/mol. The third-order valence-electron chi connectivity index (χ3n) is 2.45. The van der Waals surface area contributed by atoms with Gasteiger partial charge in [-0.1, -0.05) is 33.6 Å². The molecule has 0 saturated carbocycles. The summed E-state index contributed by atoms with van der Waals surface area (Å²) in [4.78, 5) is 0. The van der Waals surface area contributed by atoms with Crippen LogP contribution >= 0.6 is 0 Å². The molecule has 0 aliphatic rings. The van der Waals surface area contributed by atoms with E-state index in [-0.39, 0.29) is 12.8 Å². The van der Waals surface area contributed by atoms with E-state index in [1.165, 1.54) is 0 Å². The van der Waals surface area contributed by atoms with E-state index >= 15 is 0 Å². The SMILES string of the molecule is CCC(C)CCCC(F)(F)CC. The second-order valence-corrected chi connectivity index (χ2v) is 3.62. The first-order chi connectivity index (χ1) is 5.52. The molecular formula is C10H20F2. The summed E-state index contributed by atoms with van der Waals surface area (Å²) in [6.07, 6.45) is 2.74. The van der Waals surface area contributed by atoms with Gasteiger partial charge in [-0.05, 0) is 12.3 Å². The Morgan fingerprint density at radius 1 is 1.25 bits per heavy atom. The molecule has 0 amide bonds. The maximum atomic E-state index is 12.7. The highest BCUT2D eigenvalue weighted by Gasteiger charge is 2.24. The zero-order valence-electron chi connectivity index (χ0n) is 8.37. The monoisotopic (exact) mass is 178 g/mol. The maximum absolute atomic E-state index is 12.7. The van der Waals surface area contributed by atoms with Crippen molar-refractivity contribution in [3.05, 3.63) is 0 Å². The summed E-state index contributed by atoms with van der Waals surface area (Å²) in [6.45, 7) is 5.76. The van der Waals surface area contributed by atoms with Crippen LogP contribution in [0.1, 0.15) is 52.9 Å². The molecule has 0 spiro atoms. The number of rotatable bonds is 6. The van der Waals surface area contributed by atoms with Gasteiger partial charge < -0.3 is 0 Å². The molecule has 0 fully saturated rings. The van der Waals surface area contributed by atoms with Crippen LogP contribution in [0.15, 0.2) is 0 Å². The van der Waals surface area contributed by atoms with E-state index < -0.39 is 5.92 Å². The molecule has 0 bridgehead atoms. The zero-order chi connectivity index (χ0) is 9.61. The molecule has 0 aromatic rings. The van der Waals surface area contributed by atoms with Crippen molar-refractivity contribution in [2.75, 3.05) is 0 Å². The lowest BCUT2D eigenvalue weighted by Gasteiger charge is -2.14. The lowest BCUT2D eigenvalue weighted by atomic mass is 9.99. The van der Waals surface area contributed by atoms with Crippen LogP contribution in [0.5, 0.6) is 0 Å². The van der Waals surface area contributed by atoms with E-state index in [4.69, 9.17) is 0 Å². The zero-order valence-corrected chi connectivity index (χ0v) is 8.37. The number of hydrogen-bond acceptors (Lipinski definition) is 0. The molecule has 0 aromatic heterocycles. The Bertz CT molecular complexity index is 110. The first kappa shape index (κ1) is 11.9. The van der Waals surface area contributed by atoms with Crippen LogP contribution in [-0.4, -0.2) is 5.92 Å². The van der Waals surface area contributed by atoms with E-state index in [0.29, 0.717) is 12.3 Å². The molecule has 0 heterocycles. The number of alkyl halides is 2. The Labute approximate surface area is 74.4 Å². The molecule has 0 saturated heterocycles. The van der Waals surface area contributed by atoms with Gasteiger partial charge >= 0.3 is 0 Å². The van der Waals surface area contributed by atoms with E-state index in [0.717, 1.165) is 12.8 Å². The lowest BCUT2D eigenvalue weighted by Crippen LogP contribution is -2.14. The van der Waals surface area contributed by atoms with Crippen LogP contribution in [-0.2, 0) is 0 Å². The third kappa shape index (κ3) is 5.50. The first-order valence-electron chi connectivity index (χ1n) is 4.89. The molecule has 0 rings (SSSR count). The molecule has 0 aliphatic heterocycles. The highest BCUT2D eigenvalue weighted by Crippen LogP contribution is 2.26. The normalized spacial score (nSPS) is 14.8. The Morgan fingerprint density at radius 2 is 1.83 bits per heavy atom. The second kappa shape index (κ2) is 5.50. The summed E-state index contributed by atoms with van der Waals surface area (Å²) >= 11 is 0. The molecule has 12 heavy (non-hydrogen) atoms. The fourth-order valence-corrected chi connectivity index (χ4v) is 1.09. The summed E-state index contributed by atoms with van der Waals surface area (Å²) in [5.74, 6) is -1.83. The quantitative estimate of drug-likeness (QED) is 0.570. The Balaban J connectivity index is 3.42. The molecule has 0 aliphatic carbocycles. The van der Waals surface area contributed by atoms with E-state index in [2.05, 4.69) is 13.8 Å². The summed E-state index contributed by atoms with van der Waals surface area (Å²) in [5, 5.41) is 0. The fraction of sp³-hybridized carbons (Fsp3) is 1.00. The highest BCUT2D eigenvalue weighted by atomic mass is 19.3. The summed E-state index contributed by atoms with van der Waals surface area (Å²) in [7, 11) is 0. The van der Waals surface area contributed by atoms with E-state index in [1.54, 1.807) is 6.92 Å². The second-order valence-electron chi connectivity index (χ2n) is 3.62. The van der Waals surface area contributed by atoms with Crippen molar-refractivity contribution >= 4 is 0 Å². The van der Waals surface area contributed by atoms with Gasteiger partial charge in [-0.25, -0.2) is 8.78 Å². The van der Waals surface area contributed by atoms with E-state index in [1.807, 2.05) is 0 Å². The van der Waals surface area contributed by atoms with Crippen molar-refractivity contribution in [2.45, 2.75) is 58.8 Å². The molecule has 0 aromatic carbocycles. The van der Waals surface area contributed by atoms with Crippen molar-refractivity contribution in [1.82, 2.24) is 0 Å². The van der Waals surface area contributed by atoms with Crippen LogP contribution in [0, 0.1) is 5.92 Å². The molecule has 1 unspecified atom stereocenters. The van der Waals surface area contributed by atoms with Crippen LogP contribution in [0.2, 0.25) is 0 Å². The third-order valence-corrected chi connectivity index (χ3v) is 2.45. The van der Waals surface area contributed by atoms with Gasteiger partial charge in [0.2, 0.25) is 5.92 Å². The molecule has 2 heteroatoms. The van der Waals surface area contributed by atoms with Crippen LogP contribution < -0.4 is 0 Å². The van der Waals surface area contributed by atoms with Gasteiger partial charge in [0, 0.05) is 12.8 Å². The van der Waals surface area contributed by atoms with Gasteiger partial charge in [0.15, 0.2) is 0 Å². The fourth-order valence-electron chi connectivity index (χ4n) is 1.09. The largest absolute Gasteiger partial charge is 0.247 e. The van der Waals surface area contributed by atoms with Gasteiger partial charge in [0.1, 0.15) is 0 Å². The first-order valence-corrected chi connectivity index (χ1v) is 4.89. The molecule has 0 nitrogen and oxygen atoms in total. The van der Waals surface area contributed by atoms with Crippen molar-refractivity contribution in [2.24, 2.45) is 5.92 Å². The Kier molecular flexibility index (Phi) is 5.43. The Morgan fingerprint density at radius 3 is 2.25 bits per heavy atom. The highest BCUT2D eigenvalue weighted by molar-refractivity contribution is 4.64. The molecular weight excluding hydrogens is 158 g/mol. The minimum atomic E-state index is -2.42. The minimum Gasteiger partial charge on any atom is -0.207 e. The summed E-state index contributed by atoms with van der Waals surface area (Å²) < 4.78 is 25.4. The minimum absolute atomic E-state index is 0.0203. The molecule has 0 N–H and O–H groups in total. The standard InChI is InChI=1S/C10H20F2/c1-4-9(3)7-6-8-10(11,12)5-2/h9H,4-8H2,1-3H3. The van der Waals surface area contributed by atoms with Gasteiger partial charge in [-0.15, -0.1) is 0 Å². The van der Waals surface area contributed by atoms with Crippen molar-refractivity contribution in [1.29, 1.82) is 0 Å². The Hall–Kier alpha value is -0.140. The van der Waals surface area contributed by atoms with Crippen molar-refractivity contribution in [3.8, 4) is 0 Å². The molecule has 74 valence electrons. The van der Waals surface area contributed by atoms with E-state index in [9.17, 15) is 8.78 Å². The molecule has 0 radical (unpaired) electrons. The predicted octanol–water partition coefficient (Wildman–Crippen LogP) is 4.25. The lowest BCUT2D eigenvalue weighted by molar-refractivity contribution is -0.0143. The summed E-state index contributed by atoms with van der Waals surface area (Å²) in [6, 6.07) is 0. The van der Waals surface area contributed by atoms with Crippen LogP contribution in [0.25, 0.3) is 0 Å². The molecule has 1 atom stereocenters. The topological polar surface area (TPSA) is 0 Å². The van der Waals surface area contributed by atoms with Gasteiger partial charge in [0.25, 0.3) is 0 Å².